The second kappa shape index (κ2) is 8.97. The number of aryl methyl sites for hydroxylation is 1. The number of pyridine rings is 2. The fourth-order valence-corrected chi connectivity index (χ4v) is 4.24. The van der Waals surface area contributed by atoms with E-state index in [1.165, 1.54) is 19.5 Å². The van der Waals surface area contributed by atoms with Crippen molar-refractivity contribution in [3.05, 3.63) is 40.9 Å². The molecule has 1 N–H and O–H groups in total. The van der Waals surface area contributed by atoms with Crippen LogP contribution >= 0.6 is 22.9 Å². The van der Waals surface area contributed by atoms with Gasteiger partial charge in [0.1, 0.15) is 17.0 Å². The molecule has 4 rings (SSSR count). The molecule has 1 saturated heterocycles. The summed E-state index contributed by atoms with van der Waals surface area (Å²) >= 11 is 7.24. The number of methoxy groups -OCH3 is 1. The molecular formula is C21H22ClN5O4S. The topological polar surface area (TPSA) is 108 Å². The minimum absolute atomic E-state index is 0.0988. The predicted molar refractivity (Wildman–Crippen MR) is 121 cm³/mol. The summed E-state index contributed by atoms with van der Waals surface area (Å²) in [6.45, 7) is 6.35. The smallest absolute Gasteiger partial charge is 0.296 e. The predicted octanol–water partition coefficient (Wildman–Crippen LogP) is 4.16. The van der Waals surface area contributed by atoms with Gasteiger partial charge >= 0.3 is 0 Å². The number of anilines is 1. The number of nitrogens with zero attached hydrogens (tertiary/aromatic N) is 4. The summed E-state index contributed by atoms with van der Waals surface area (Å²) in [7, 11) is 1.53. The van der Waals surface area contributed by atoms with E-state index in [1.54, 1.807) is 12.1 Å². The fraction of sp³-hybridized carbons (Fsp3) is 0.381. The van der Waals surface area contributed by atoms with Crippen molar-refractivity contribution in [2.24, 2.45) is 0 Å². The van der Waals surface area contributed by atoms with E-state index in [1.807, 2.05) is 20.8 Å². The van der Waals surface area contributed by atoms with Gasteiger partial charge in [-0.1, -0.05) is 16.7 Å². The van der Waals surface area contributed by atoms with Gasteiger partial charge in [-0.3, -0.25) is 15.1 Å². The van der Waals surface area contributed by atoms with Crippen molar-refractivity contribution in [1.29, 1.82) is 0 Å². The Labute approximate surface area is 194 Å². The Balaban J connectivity index is 1.55. The molecule has 168 valence electrons. The Morgan fingerprint density at radius 3 is 2.78 bits per heavy atom. The van der Waals surface area contributed by atoms with Gasteiger partial charge < -0.3 is 14.2 Å². The lowest BCUT2D eigenvalue weighted by molar-refractivity contribution is 0.0319. The van der Waals surface area contributed by atoms with Crippen LogP contribution in [0.5, 0.6) is 10.9 Å². The highest BCUT2D eigenvalue weighted by Crippen LogP contribution is 2.35. The fourth-order valence-electron chi connectivity index (χ4n) is 3.43. The van der Waals surface area contributed by atoms with Crippen molar-refractivity contribution in [2.45, 2.75) is 38.9 Å². The summed E-state index contributed by atoms with van der Waals surface area (Å²) in [6, 6.07) is 3.44. The average Bonchev–Trinajstić information content (AvgIpc) is 3.33. The third kappa shape index (κ3) is 4.98. The molecule has 1 fully saturated rings. The summed E-state index contributed by atoms with van der Waals surface area (Å²) in [6.07, 6.45) is 3.67. The number of aromatic nitrogens is 4. The maximum Gasteiger partial charge on any atom is 0.296 e. The van der Waals surface area contributed by atoms with E-state index in [4.69, 9.17) is 25.8 Å². The summed E-state index contributed by atoms with van der Waals surface area (Å²) in [4.78, 5) is 21.4. The molecule has 1 amide bonds. The van der Waals surface area contributed by atoms with Crippen LogP contribution in [-0.2, 0) is 4.74 Å². The highest BCUT2D eigenvalue weighted by molar-refractivity contribution is 7.17. The number of halogens is 1. The molecule has 0 radical (unpaired) electrons. The lowest BCUT2D eigenvalue weighted by atomic mass is 10.0. The first-order valence-electron chi connectivity index (χ1n) is 9.86. The molecule has 9 nitrogen and oxygen atoms in total. The van der Waals surface area contributed by atoms with Crippen LogP contribution in [0.3, 0.4) is 0 Å². The van der Waals surface area contributed by atoms with Gasteiger partial charge in [0.25, 0.3) is 11.1 Å². The molecule has 11 heteroatoms. The van der Waals surface area contributed by atoms with Gasteiger partial charge in [-0.15, -0.1) is 5.10 Å². The molecule has 4 heterocycles. The molecule has 1 aliphatic rings. The van der Waals surface area contributed by atoms with Gasteiger partial charge in [-0.2, -0.15) is 0 Å². The van der Waals surface area contributed by atoms with Gasteiger partial charge in [0.15, 0.2) is 0 Å². The van der Waals surface area contributed by atoms with E-state index in [0.29, 0.717) is 39.4 Å². The van der Waals surface area contributed by atoms with Crippen LogP contribution in [0, 0.1) is 6.92 Å². The van der Waals surface area contributed by atoms with Crippen LogP contribution in [0.15, 0.2) is 24.5 Å². The minimum atomic E-state index is -0.393. The Morgan fingerprint density at radius 2 is 2.06 bits per heavy atom. The molecule has 1 aliphatic heterocycles. The Bertz CT molecular complexity index is 1150. The first-order chi connectivity index (χ1) is 15.2. The third-order valence-corrected chi connectivity index (χ3v) is 5.84. The summed E-state index contributed by atoms with van der Waals surface area (Å²) in [5.41, 5.74) is 2.09. The van der Waals surface area contributed by atoms with Crippen molar-refractivity contribution in [2.75, 3.05) is 19.0 Å². The number of nitrogens with one attached hydrogen (secondary N) is 1. The summed E-state index contributed by atoms with van der Waals surface area (Å²) in [5, 5.41) is 11.8. The minimum Gasteiger partial charge on any atom is -0.494 e. The molecular weight excluding hydrogens is 454 g/mol. The molecule has 0 unspecified atom stereocenters. The largest absolute Gasteiger partial charge is 0.494 e. The molecule has 32 heavy (non-hydrogen) atoms. The van der Waals surface area contributed by atoms with E-state index in [2.05, 4.69) is 25.5 Å². The molecule has 0 bridgehead atoms. The van der Waals surface area contributed by atoms with Crippen molar-refractivity contribution >= 4 is 34.0 Å². The number of hydrogen-bond donors (Lipinski definition) is 1. The molecule has 0 saturated carbocycles. The lowest BCUT2D eigenvalue weighted by Gasteiger charge is -2.15. The maximum absolute atomic E-state index is 13.1. The quantitative estimate of drug-likeness (QED) is 0.529. The lowest BCUT2D eigenvalue weighted by Crippen LogP contribution is -2.20. The summed E-state index contributed by atoms with van der Waals surface area (Å²) < 4.78 is 16.9. The summed E-state index contributed by atoms with van der Waals surface area (Å²) in [5.74, 6) is 0.0953. The molecule has 0 spiro atoms. The van der Waals surface area contributed by atoms with Crippen molar-refractivity contribution in [3.8, 4) is 22.1 Å². The Morgan fingerprint density at radius 1 is 1.25 bits per heavy atom. The van der Waals surface area contributed by atoms with E-state index in [0.717, 1.165) is 23.5 Å². The van der Waals surface area contributed by atoms with Crippen LogP contribution in [0.1, 0.15) is 36.3 Å². The van der Waals surface area contributed by atoms with E-state index in [9.17, 15) is 4.79 Å². The standard InChI is InChI=1S/C21H22ClN5O4S/c1-11-5-13(14-6-17(22)24-9-16(14)29-4)15(8-23-11)18(28)25-19-26-27-20(32-19)31-12-7-21(2,3)30-10-12/h5-6,8-9,12H,7,10H2,1-4H3,(H,25,26,28)/t12-/m1/s1. The van der Waals surface area contributed by atoms with Gasteiger partial charge in [-0.25, -0.2) is 4.98 Å². The highest BCUT2D eigenvalue weighted by Gasteiger charge is 2.34. The highest BCUT2D eigenvalue weighted by atomic mass is 35.5. The number of rotatable bonds is 6. The van der Waals surface area contributed by atoms with Gasteiger partial charge in [0, 0.05) is 29.4 Å². The van der Waals surface area contributed by atoms with Gasteiger partial charge in [0.2, 0.25) is 5.13 Å². The van der Waals surface area contributed by atoms with E-state index >= 15 is 0 Å². The first-order valence-corrected chi connectivity index (χ1v) is 11.1. The van der Waals surface area contributed by atoms with E-state index in [-0.39, 0.29) is 16.9 Å². The van der Waals surface area contributed by atoms with Crippen LogP contribution in [0.4, 0.5) is 5.13 Å². The Kier molecular flexibility index (Phi) is 6.27. The average molecular weight is 476 g/mol. The second-order valence-corrected chi connectivity index (χ2v) is 9.25. The van der Waals surface area contributed by atoms with Crippen LogP contribution in [0.25, 0.3) is 11.1 Å². The number of carbonyl (C=O) groups excluding carboxylic acids is 1. The zero-order valence-electron chi connectivity index (χ0n) is 18.0. The molecule has 3 aromatic heterocycles. The van der Waals surface area contributed by atoms with Crippen molar-refractivity contribution in [1.82, 2.24) is 20.2 Å². The van der Waals surface area contributed by atoms with Crippen molar-refractivity contribution < 1.29 is 19.0 Å². The third-order valence-electron chi connectivity index (χ3n) is 4.90. The number of ether oxygens (including phenoxy) is 3. The number of carbonyl (C=O) groups is 1. The zero-order valence-corrected chi connectivity index (χ0v) is 19.6. The Hall–Kier alpha value is -2.82. The first kappa shape index (κ1) is 22.4. The van der Waals surface area contributed by atoms with Crippen LogP contribution in [-0.4, -0.2) is 51.5 Å². The second-order valence-electron chi connectivity index (χ2n) is 7.92. The monoisotopic (exact) mass is 475 g/mol. The molecule has 0 aromatic carbocycles. The van der Waals surface area contributed by atoms with Crippen molar-refractivity contribution in [3.63, 3.8) is 0 Å². The maximum atomic E-state index is 13.1. The normalized spacial score (nSPS) is 17.2. The van der Waals surface area contributed by atoms with Crippen LogP contribution < -0.4 is 14.8 Å². The van der Waals surface area contributed by atoms with Gasteiger partial charge in [-0.05, 0) is 44.2 Å². The zero-order chi connectivity index (χ0) is 22.9. The van der Waals surface area contributed by atoms with E-state index < -0.39 is 5.91 Å². The number of amides is 1. The van der Waals surface area contributed by atoms with Crippen LogP contribution in [0.2, 0.25) is 5.15 Å². The number of hydrogen-bond acceptors (Lipinski definition) is 9. The molecule has 0 aliphatic carbocycles. The van der Waals surface area contributed by atoms with Gasteiger partial charge in [0.05, 0.1) is 31.1 Å². The molecule has 3 aromatic rings. The SMILES string of the molecule is COc1cnc(Cl)cc1-c1cc(C)ncc1C(=O)Nc1nnc(O[C@H]2COC(C)(C)C2)s1. The molecule has 1 atom stereocenters.